The molecule has 0 aliphatic carbocycles. The van der Waals surface area contributed by atoms with Crippen molar-refractivity contribution in [1.82, 2.24) is 9.36 Å². The van der Waals surface area contributed by atoms with Gasteiger partial charge in [0.25, 0.3) is 0 Å². The zero-order chi connectivity index (χ0) is 10.7. The molecule has 0 aliphatic heterocycles. The molecule has 2 aromatic rings. The van der Waals surface area contributed by atoms with Gasteiger partial charge in [0, 0.05) is 12.0 Å². The number of aromatic nitrogens is 2. The fourth-order valence-electron chi connectivity index (χ4n) is 1.32. The first-order chi connectivity index (χ1) is 7.29. The van der Waals surface area contributed by atoms with Crippen molar-refractivity contribution in [2.45, 2.75) is 6.42 Å². The molecule has 0 unspecified atom stereocenters. The van der Waals surface area contributed by atoms with Crippen molar-refractivity contribution in [1.29, 1.82) is 0 Å². The van der Waals surface area contributed by atoms with Gasteiger partial charge in [0.15, 0.2) is 0 Å². The normalized spacial score (nSPS) is 10.3. The van der Waals surface area contributed by atoms with Gasteiger partial charge in [0.05, 0.1) is 7.11 Å². The maximum atomic E-state index is 5.71. The van der Waals surface area contributed by atoms with Crippen molar-refractivity contribution in [3.05, 3.63) is 40.1 Å². The summed E-state index contributed by atoms with van der Waals surface area (Å²) in [6, 6.07) is 7.81. The van der Waals surface area contributed by atoms with Gasteiger partial charge in [-0.2, -0.15) is 4.37 Å². The second-order valence-electron chi connectivity index (χ2n) is 2.95. The van der Waals surface area contributed by atoms with Crippen molar-refractivity contribution in [2.24, 2.45) is 0 Å². The van der Waals surface area contributed by atoms with Crippen LogP contribution in [0.4, 0.5) is 0 Å². The molecule has 3 nitrogen and oxygen atoms in total. The van der Waals surface area contributed by atoms with Crippen molar-refractivity contribution in [3.8, 4) is 5.75 Å². The lowest BCUT2D eigenvalue weighted by atomic mass is 10.1. The molecule has 0 amide bonds. The topological polar surface area (TPSA) is 35.0 Å². The lowest BCUT2D eigenvalue weighted by Gasteiger charge is -2.05. The van der Waals surface area contributed by atoms with E-state index < -0.39 is 0 Å². The molecule has 0 saturated carbocycles. The van der Waals surface area contributed by atoms with Gasteiger partial charge in [0.1, 0.15) is 11.6 Å². The number of benzene rings is 1. The highest BCUT2D eigenvalue weighted by Crippen LogP contribution is 2.21. The van der Waals surface area contributed by atoms with Crippen LogP contribution in [0, 0.1) is 0 Å². The molecule has 0 saturated heterocycles. The Morgan fingerprint density at radius 2 is 2.20 bits per heavy atom. The lowest BCUT2D eigenvalue weighted by Crippen LogP contribution is -1.94. The van der Waals surface area contributed by atoms with E-state index in [1.807, 2.05) is 24.3 Å². The Labute approximate surface area is 96.9 Å². The van der Waals surface area contributed by atoms with Gasteiger partial charge < -0.3 is 4.74 Å². The number of hydrogen-bond acceptors (Lipinski definition) is 4. The van der Waals surface area contributed by atoms with Crippen LogP contribution >= 0.6 is 23.1 Å². The van der Waals surface area contributed by atoms with E-state index in [1.54, 1.807) is 7.11 Å². The fraction of sp³-hybridized carbons (Fsp3) is 0.200. The van der Waals surface area contributed by atoms with Gasteiger partial charge in [-0.05, 0) is 29.2 Å². The maximum absolute atomic E-state index is 5.71. The predicted octanol–water partition coefficient (Wildman–Crippen LogP) is 2.79. The summed E-state index contributed by atoms with van der Waals surface area (Å²) in [6.07, 6.45) is 0.646. The molecule has 1 aromatic heterocycles. The van der Waals surface area contributed by atoms with Crippen LogP contribution < -0.4 is 4.74 Å². The summed E-state index contributed by atoms with van der Waals surface area (Å²) in [7, 11) is 1.65. The van der Waals surface area contributed by atoms with Gasteiger partial charge in [-0.3, -0.25) is 0 Å². The Kier molecular flexibility index (Phi) is 3.18. The molecular formula is C10H9ClN2OS. The van der Waals surface area contributed by atoms with Gasteiger partial charge in [-0.15, -0.1) is 0 Å². The third-order valence-corrected chi connectivity index (χ3v) is 2.82. The number of ether oxygens (including phenoxy) is 1. The summed E-state index contributed by atoms with van der Waals surface area (Å²) in [5.41, 5.74) is 1.06. The molecule has 0 aliphatic rings. The summed E-state index contributed by atoms with van der Waals surface area (Å²) >= 11 is 6.91. The van der Waals surface area contributed by atoms with E-state index >= 15 is 0 Å². The minimum absolute atomic E-state index is 0.472. The average Bonchev–Trinajstić information content (AvgIpc) is 2.65. The molecule has 0 radical (unpaired) electrons. The highest BCUT2D eigenvalue weighted by Gasteiger charge is 2.07. The Morgan fingerprint density at radius 3 is 2.87 bits per heavy atom. The van der Waals surface area contributed by atoms with Gasteiger partial charge in [-0.25, -0.2) is 4.98 Å². The SMILES string of the molecule is COc1ccccc1Cc1nsc(Cl)n1. The summed E-state index contributed by atoms with van der Waals surface area (Å²) in [4.78, 5) is 4.10. The van der Waals surface area contributed by atoms with Gasteiger partial charge in [0.2, 0.25) is 4.47 Å². The molecule has 78 valence electrons. The van der Waals surface area contributed by atoms with Crippen molar-refractivity contribution in [2.75, 3.05) is 7.11 Å². The number of nitrogens with zero attached hydrogens (tertiary/aromatic N) is 2. The first kappa shape index (κ1) is 10.4. The van der Waals surface area contributed by atoms with Crippen LogP contribution in [-0.4, -0.2) is 16.5 Å². The van der Waals surface area contributed by atoms with Crippen molar-refractivity contribution in [3.63, 3.8) is 0 Å². The fourth-order valence-corrected chi connectivity index (χ4v) is 1.96. The minimum atomic E-state index is 0.472. The smallest absolute Gasteiger partial charge is 0.203 e. The van der Waals surface area contributed by atoms with E-state index in [0.717, 1.165) is 17.1 Å². The minimum Gasteiger partial charge on any atom is -0.496 e. The highest BCUT2D eigenvalue weighted by atomic mass is 35.5. The van der Waals surface area contributed by atoms with E-state index in [-0.39, 0.29) is 0 Å². The van der Waals surface area contributed by atoms with E-state index in [0.29, 0.717) is 10.9 Å². The first-order valence-corrected chi connectivity index (χ1v) is 5.54. The molecule has 1 heterocycles. The van der Waals surface area contributed by atoms with Crippen LogP contribution in [0.25, 0.3) is 0 Å². The summed E-state index contributed by atoms with van der Waals surface area (Å²) in [5, 5.41) is 0. The standard InChI is InChI=1S/C10H9ClN2OS/c1-14-8-5-3-2-4-7(8)6-9-12-10(11)15-13-9/h2-5H,6H2,1H3. The molecule has 5 heteroatoms. The van der Waals surface area contributed by atoms with E-state index in [2.05, 4.69) is 9.36 Å². The van der Waals surface area contributed by atoms with Crippen LogP contribution in [0.3, 0.4) is 0 Å². The molecule has 15 heavy (non-hydrogen) atoms. The lowest BCUT2D eigenvalue weighted by molar-refractivity contribution is 0.410. The maximum Gasteiger partial charge on any atom is 0.203 e. The predicted molar refractivity (Wildman–Crippen MR) is 60.7 cm³/mol. The molecule has 0 atom stereocenters. The largest absolute Gasteiger partial charge is 0.496 e. The second kappa shape index (κ2) is 4.59. The average molecular weight is 241 g/mol. The number of rotatable bonds is 3. The summed E-state index contributed by atoms with van der Waals surface area (Å²) in [6.45, 7) is 0. The Hall–Kier alpha value is -1.13. The monoisotopic (exact) mass is 240 g/mol. The molecule has 0 N–H and O–H groups in total. The van der Waals surface area contributed by atoms with Crippen LogP contribution in [-0.2, 0) is 6.42 Å². The van der Waals surface area contributed by atoms with E-state index in [9.17, 15) is 0 Å². The summed E-state index contributed by atoms with van der Waals surface area (Å²) in [5.74, 6) is 1.58. The van der Waals surface area contributed by atoms with Crippen LogP contribution in [0.5, 0.6) is 5.75 Å². The third kappa shape index (κ3) is 2.46. The zero-order valence-electron chi connectivity index (χ0n) is 8.11. The number of hydrogen-bond donors (Lipinski definition) is 0. The molecular weight excluding hydrogens is 232 g/mol. The number of halogens is 1. The van der Waals surface area contributed by atoms with Crippen molar-refractivity contribution < 1.29 is 4.74 Å². The molecule has 2 rings (SSSR count). The Morgan fingerprint density at radius 1 is 1.40 bits per heavy atom. The van der Waals surface area contributed by atoms with Crippen LogP contribution in [0.2, 0.25) is 4.47 Å². The van der Waals surface area contributed by atoms with E-state index in [4.69, 9.17) is 16.3 Å². The highest BCUT2D eigenvalue weighted by molar-refractivity contribution is 7.10. The van der Waals surface area contributed by atoms with Crippen LogP contribution in [0.1, 0.15) is 11.4 Å². The van der Waals surface area contributed by atoms with Gasteiger partial charge >= 0.3 is 0 Å². The molecule has 0 spiro atoms. The zero-order valence-corrected chi connectivity index (χ0v) is 9.68. The van der Waals surface area contributed by atoms with Crippen LogP contribution in [0.15, 0.2) is 24.3 Å². The first-order valence-electron chi connectivity index (χ1n) is 4.39. The Balaban J connectivity index is 2.23. The molecule has 1 aromatic carbocycles. The number of methoxy groups -OCH3 is 1. The van der Waals surface area contributed by atoms with E-state index in [1.165, 1.54) is 11.5 Å². The quantitative estimate of drug-likeness (QED) is 0.828. The third-order valence-electron chi connectivity index (χ3n) is 1.98. The van der Waals surface area contributed by atoms with Crippen molar-refractivity contribution >= 4 is 23.1 Å². The number of para-hydroxylation sites is 1. The molecule has 0 fully saturated rings. The van der Waals surface area contributed by atoms with Gasteiger partial charge in [-0.1, -0.05) is 18.2 Å². The Bertz CT molecular complexity index is 458. The summed E-state index contributed by atoms with van der Waals surface area (Å²) < 4.78 is 9.84. The molecule has 0 bridgehead atoms. The second-order valence-corrected chi connectivity index (χ2v) is 4.29.